The third kappa shape index (κ3) is 3.22. The Balaban J connectivity index is 1.89. The molecule has 6 nitrogen and oxygen atoms in total. The van der Waals surface area contributed by atoms with E-state index in [0.717, 1.165) is 22.6 Å². The summed E-state index contributed by atoms with van der Waals surface area (Å²) in [7, 11) is 0. The van der Waals surface area contributed by atoms with Gasteiger partial charge in [0.05, 0.1) is 5.69 Å². The molecule has 120 valence electrons. The topological polar surface area (TPSA) is 104 Å². The molecule has 0 saturated carbocycles. The predicted octanol–water partition coefficient (Wildman–Crippen LogP) is 3.96. The zero-order chi connectivity index (χ0) is 17.1. The number of nitrogen functional groups attached to an aromatic ring is 1. The number of nitrogens with two attached hydrogens (primary N) is 1. The minimum absolute atomic E-state index is 0.172. The molecule has 0 radical (unpaired) electrons. The van der Waals surface area contributed by atoms with E-state index in [9.17, 15) is 10.1 Å². The van der Waals surface area contributed by atoms with Crippen molar-refractivity contribution in [1.82, 2.24) is 4.98 Å². The summed E-state index contributed by atoms with van der Waals surface area (Å²) < 4.78 is 0. The number of amides is 1. The molecular weight excluding hydrogens is 342 g/mol. The smallest absolute Gasteiger partial charge is 0.269 e. The number of hydrogen-bond donors (Lipinski definition) is 3. The van der Waals surface area contributed by atoms with Crippen molar-refractivity contribution in [2.75, 3.05) is 16.4 Å². The minimum atomic E-state index is -0.374. The van der Waals surface area contributed by atoms with Crippen LogP contribution in [0.3, 0.4) is 0 Å². The quantitative estimate of drug-likeness (QED) is 0.657. The van der Waals surface area contributed by atoms with Crippen LogP contribution in [0.2, 0.25) is 0 Å². The molecule has 0 aliphatic carbocycles. The minimum Gasteiger partial charge on any atom is -0.396 e. The van der Waals surface area contributed by atoms with Crippen LogP contribution >= 0.6 is 22.7 Å². The molecule has 2 aromatic heterocycles. The van der Waals surface area contributed by atoms with Crippen molar-refractivity contribution in [3.63, 3.8) is 0 Å². The van der Waals surface area contributed by atoms with Gasteiger partial charge in [-0.2, -0.15) is 5.26 Å². The zero-order valence-electron chi connectivity index (χ0n) is 12.7. The van der Waals surface area contributed by atoms with Gasteiger partial charge in [0.1, 0.15) is 21.5 Å². The highest BCUT2D eigenvalue weighted by Gasteiger charge is 2.21. The summed E-state index contributed by atoms with van der Waals surface area (Å²) in [5, 5.41) is 18.0. The number of nitrogens with one attached hydrogen (secondary N) is 2. The Morgan fingerprint density at radius 2 is 2.08 bits per heavy atom. The lowest BCUT2D eigenvalue weighted by atomic mass is 10.2. The molecule has 0 atom stereocenters. The number of benzene rings is 1. The number of carbonyl (C=O) groups excluding carboxylic acids is 1. The largest absolute Gasteiger partial charge is 0.396 e. The molecule has 0 bridgehead atoms. The van der Waals surface area contributed by atoms with E-state index in [1.807, 2.05) is 31.2 Å². The molecule has 2 heterocycles. The average molecular weight is 355 g/mol. The van der Waals surface area contributed by atoms with E-state index >= 15 is 0 Å². The maximum Gasteiger partial charge on any atom is 0.269 e. The first kappa shape index (κ1) is 16.0. The van der Waals surface area contributed by atoms with Gasteiger partial charge in [-0.3, -0.25) is 10.1 Å². The molecule has 3 rings (SSSR count). The van der Waals surface area contributed by atoms with Crippen LogP contribution in [-0.4, -0.2) is 10.9 Å². The van der Waals surface area contributed by atoms with E-state index < -0.39 is 0 Å². The normalized spacial score (nSPS) is 10.2. The van der Waals surface area contributed by atoms with Gasteiger partial charge >= 0.3 is 0 Å². The molecule has 0 aliphatic rings. The molecule has 0 fully saturated rings. The Morgan fingerprint density at radius 1 is 1.33 bits per heavy atom. The van der Waals surface area contributed by atoms with Crippen molar-refractivity contribution in [2.45, 2.75) is 6.92 Å². The second-order valence-electron chi connectivity index (χ2n) is 4.94. The Morgan fingerprint density at radius 3 is 2.71 bits per heavy atom. The maximum absolute atomic E-state index is 12.4. The summed E-state index contributed by atoms with van der Waals surface area (Å²) in [6.45, 7) is 1.99. The SMILES string of the molecule is Cc1ccc(Nc2sc(C(=O)Nc3nccs3)c(N)c2C#N)cc1. The van der Waals surface area contributed by atoms with Crippen LogP contribution in [0, 0.1) is 18.3 Å². The van der Waals surface area contributed by atoms with Crippen LogP contribution in [0.5, 0.6) is 0 Å². The van der Waals surface area contributed by atoms with Crippen molar-refractivity contribution in [2.24, 2.45) is 0 Å². The Kier molecular flexibility index (Phi) is 4.46. The lowest BCUT2D eigenvalue weighted by Crippen LogP contribution is -2.11. The number of nitriles is 1. The van der Waals surface area contributed by atoms with Gasteiger partial charge in [0.15, 0.2) is 5.13 Å². The summed E-state index contributed by atoms with van der Waals surface area (Å²) in [6.07, 6.45) is 1.60. The highest BCUT2D eigenvalue weighted by atomic mass is 32.1. The van der Waals surface area contributed by atoms with E-state index in [-0.39, 0.29) is 22.0 Å². The summed E-state index contributed by atoms with van der Waals surface area (Å²) in [6, 6.07) is 9.79. The third-order valence-corrected chi connectivity index (χ3v) is 5.03. The molecule has 0 saturated heterocycles. The van der Waals surface area contributed by atoms with Crippen LogP contribution in [0.4, 0.5) is 21.5 Å². The van der Waals surface area contributed by atoms with E-state index in [1.165, 1.54) is 11.3 Å². The summed E-state index contributed by atoms with van der Waals surface area (Å²) >= 11 is 2.46. The Labute approximate surface area is 146 Å². The van der Waals surface area contributed by atoms with Crippen LogP contribution in [0.25, 0.3) is 0 Å². The fourth-order valence-corrected chi connectivity index (χ4v) is 3.53. The van der Waals surface area contributed by atoms with Crippen molar-refractivity contribution >= 4 is 50.1 Å². The Hall–Kier alpha value is -2.89. The zero-order valence-corrected chi connectivity index (χ0v) is 14.3. The first-order valence-electron chi connectivity index (χ1n) is 6.95. The fraction of sp³-hybridized carbons (Fsp3) is 0.0625. The Bertz CT molecular complexity index is 907. The van der Waals surface area contributed by atoms with Crippen molar-refractivity contribution in [3.8, 4) is 6.07 Å². The molecule has 1 aromatic carbocycles. The number of thiazole rings is 1. The molecule has 24 heavy (non-hydrogen) atoms. The van der Waals surface area contributed by atoms with Gasteiger partial charge in [0.2, 0.25) is 0 Å². The molecule has 8 heteroatoms. The van der Waals surface area contributed by atoms with E-state index in [1.54, 1.807) is 11.6 Å². The first-order chi connectivity index (χ1) is 11.6. The maximum atomic E-state index is 12.4. The van der Waals surface area contributed by atoms with Gasteiger partial charge in [-0.25, -0.2) is 4.98 Å². The van der Waals surface area contributed by atoms with Crippen LogP contribution < -0.4 is 16.4 Å². The van der Waals surface area contributed by atoms with Gasteiger partial charge in [-0.1, -0.05) is 17.7 Å². The molecule has 0 unspecified atom stereocenters. The number of aryl methyl sites for hydroxylation is 1. The van der Waals surface area contributed by atoms with Crippen molar-refractivity contribution in [1.29, 1.82) is 5.26 Å². The van der Waals surface area contributed by atoms with Gasteiger partial charge in [-0.05, 0) is 19.1 Å². The van der Waals surface area contributed by atoms with Crippen molar-refractivity contribution in [3.05, 3.63) is 51.8 Å². The second kappa shape index (κ2) is 6.70. The molecule has 0 aliphatic heterocycles. The van der Waals surface area contributed by atoms with Crippen LogP contribution in [-0.2, 0) is 0 Å². The van der Waals surface area contributed by atoms with Gasteiger partial charge in [-0.15, -0.1) is 22.7 Å². The number of hydrogen-bond acceptors (Lipinski definition) is 7. The second-order valence-corrected chi connectivity index (χ2v) is 6.86. The first-order valence-corrected chi connectivity index (χ1v) is 8.65. The standard InChI is InChI=1S/C16H13N5OS2/c1-9-2-4-10(5-3-9)20-15-11(8-17)12(18)13(24-15)14(22)21-16-19-6-7-23-16/h2-7,20H,18H2,1H3,(H,19,21,22). The molecule has 1 amide bonds. The van der Waals surface area contributed by atoms with Gasteiger partial charge in [0, 0.05) is 17.3 Å². The van der Waals surface area contributed by atoms with E-state index in [4.69, 9.17) is 5.73 Å². The summed E-state index contributed by atoms with van der Waals surface area (Å²) in [4.78, 5) is 16.7. The highest BCUT2D eigenvalue weighted by Crippen LogP contribution is 2.37. The number of carbonyl (C=O) groups is 1. The predicted molar refractivity (Wildman–Crippen MR) is 98.0 cm³/mol. The van der Waals surface area contributed by atoms with E-state index in [0.29, 0.717) is 10.1 Å². The third-order valence-electron chi connectivity index (χ3n) is 3.23. The molecule has 4 N–H and O–H groups in total. The molecule has 0 spiro atoms. The number of aromatic nitrogens is 1. The summed E-state index contributed by atoms with van der Waals surface area (Å²) in [5.74, 6) is -0.374. The number of rotatable bonds is 4. The fourth-order valence-electron chi connectivity index (χ4n) is 2.02. The number of nitrogens with zero attached hydrogens (tertiary/aromatic N) is 2. The van der Waals surface area contributed by atoms with Gasteiger partial charge in [0.25, 0.3) is 5.91 Å². The number of anilines is 4. The van der Waals surface area contributed by atoms with Gasteiger partial charge < -0.3 is 11.1 Å². The lowest BCUT2D eigenvalue weighted by molar-refractivity contribution is 0.103. The van der Waals surface area contributed by atoms with Crippen molar-refractivity contribution < 1.29 is 4.79 Å². The van der Waals surface area contributed by atoms with Crippen LogP contribution in [0.1, 0.15) is 20.8 Å². The van der Waals surface area contributed by atoms with E-state index in [2.05, 4.69) is 21.7 Å². The number of thiophene rings is 1. The summed E-state index contributed by atoms with van der Waals surface area (Å²) in [5.41, 5.74) is 8.39. The highest BCUT2D eigenvalue weighted by molar-refractivity contribution is 7.19. The molecular formula is C16H13N5OS2. The average Bonchev–Trinajstić information content (AvgIpc) is 3.17. The van der Waals surface area contributed by atoms with Crippen LogP contribution in [0.15, 0.2) is 35.8 Å². The molecule has 3 aromatic rings. The monoisotopic (exact) mass is 355 g/mol. The lowest BCUT2D eigenvalue weighted by Gasteiger charge is -2.04.